The van der Waals surface area contributed by atoms with E-state index < -0.39 is 0 Å². The number of morpholine rings is 1. The van der Waals surface area contributed by atoms with Crippen molar-refractivity contribution >= 4 is 11.9 Å². The van der Waals surface area contributed by atoms with Crippen molar-refractivity contribution in [2.24, 2.45) is 5.92 Å². The van der Waals surface area contributed by atoms with Gasteiger partial charge in [0.1, 0.15) is 5.69 Å². The van der Waals surface area contributed by atoms with Gasteiger partial charge < -0.3 is 19.5 Å². The fourth-order valence-electron chi connectivity index (χ4n) is 3.71. The largest absolute Gasteiger partial charge is 0.379 e. The molecular formula is C22H32N6O2. The minimum absolute atomic E-state index is 0.00490. The lowest BCUT2D eigenvalue weighted by Gasteiger charge is -2.26. The fraction of sp³-hybridized carbons (Fsp3) is 0.591. The number of ether oxygens (including phenoxy) is 1. The van der Waals surface area contributed by atoms with E-state index >= 15 is 0 Å². The molecule has 3 heterocycles. The van der Waals surface area contributed by atoms with Crippen molar-refractivity contribution in [3.05, 3.63) is 30.4 Å². The Morgan fingerprint density at radius 1 is 1.20 bits per heavy atom. The normalized spacial score (nSPS) is 17.1. The molecule has 0 radical (unpaired) electrons. The van der Waals surface area contributed by atoms with Crippen molar-refractivity contribution in [1.29, 1.82) is 0 Å². The SMILES string of the molecule is CN(C)c1ncc(-c2cc(C(=O)NCCCN3CCOCC3)n(CC3CC3)c2)cn1. The maximum atomic E-state index is 12.9. The second-order valence-corrected chi connectivity index (χ2v) is 8.44. The van der Waals surface area contributed by atoms with Gasteiger partial charge in [-0.15, -0.1) is 0 Å². The zero-order valence-corrected chi connectivity index (χ0v) is 18.0. The predicted molar refractivity (Wildman–Crippen MR) is 117 cm³/mol. The van der Waals surface area contributed by atoms with Gasteiger partial charge in [0.2, 0.25) is 5.95 Å². The van der Waals surface area contributed by atoms with Gasteiger partial charge in [0.25, 0.3) is 5.91 Å². The first kappa shape index (κ1) is 20.8. The minimum atomic E-state index is -0.00490. The van der Waals surface area contributed by atoms with Gasteiger partial charge in [-0.05, 0) is 37.8 Å². The van der Waals surface area contributed by atoms with Crippen LogP contribution in [0.25, 0.3) is 11.1 Å². The van der Waals surface area contributed by atoms with Crippen molar-refractivity contribution in [1.82, 2.24) is 24.8 Å². The van der Waals surface area contributed by atoms with Crippen molar-refractivity contribution in [3.8, 4) is 11.1 Å². The quantitative estimate of drug-likeness (QED) is 0.634. The third-order valence-electron chi connectivity index (χ3n) is 5.69. The molecule has 0 aromatic carbocycles. The summed E-state index contributed by atoms with van der Waals surface area (Å²) >= 11 is 0. The average Bonchev–Trinajstić information content (AvgIpc) is 3.48. The number of hydrogen-bond acceptors (Lipinski definition) is 6. The summed E-state index contributed by atoms with van der Waals surface area (Å²) < 4.78 is 7.48. The van der Waals surface area contributed by atoms with Crippen LogP contribution in [0.2, 0.25) is 0 Å². The van der Waals surface area contributed by atoms with E-state index in [0.29, 0.717) is 18.4 Å². The number of hydrogen-bond donors (Lipinski definition) is 1. The highest BCUT2D eigenvalue weighted by molar-refractivity contribution is 5.94. The molecule has 1 N–H and O–H groups in total. The number of rotatable bonds is 9. The van der Waals surface area contributed by atoms with Crippen LogP contribution in [0.3, 0.4) is 0 Å². The highest BCUT2D eigenvalue weighted by atomic mass is 16.5. The summed E-state index contributed by atoms with van der Waals surface area (Å²) in [6, 6.07) is 1.97. The zero-order chi connectivity index (χ0) is 20.9. The topological polar surface area (TPSA) is 75.5 Å². The molecule has 2 aliphatic rings. The molecule has 2 aromatic rings. The molecule has 30 heavy (non-hydrogen) atoms. The molecule has 1 amide bonds. The van der Waals surface area contributed by atoms with Crippen LogP contribution in [0.5, 0.6) is 0 Å². The van der Waals surface area contributed by atoms with Gasteiger partial charge in [-0.2, -0.15) is 0 Å². The van der Waals surface area contributed by atoms with Crippen LogP contribution in [-0.4, -0.2) is 78.8 Å². The Hall–Kier alpha value is -2.45. The molecule has 1 aliphatic carbocycles. The van der Waals surface area contributed by atoms with Crippen molar-refractivity contribution in [3.63, 3.8) is 0 Å². The lowest BCUT2D eigenvalue weighted by atomic mass is 10.2. The van der Waals surface area contributed by atoms with Crippen molar-refractivity contribution < 1.29 is 9.53 Å². The minimum Gasteiger partial charge on any atom is -0.379 e. The van der Waals surface area contributed by atoms with Crippen LogP contribution in [0.4, 0.5) is 5.95 Å². The first-order valence-corrected chi connectivity index (χ1v) is 10.9. The van der Waals surface area contributed by atoms with Crippen molar-refractivity contribution in [2.75, 3.05) is 58.4 Å². The van der Waals surface area contributed by atoms with Crippen LogP contribution in [-0.2, 0) is 11.3 Å². The lowest BCUT2D eigenvalue weighted by Crippen LogP contribution is -2.38. The Kier molecular flexibility index (Phi) is 6.64. The van der Waals surface area contributed by atoms with Gasteiger partial charge in [0.15, 0.2) is 0 Å². The summed E-state index contributed by atoms with van der Waals surface area (Å²) in [6.07, 6.45) is 9.15. The maximum Gasteiger partial charge on any atom is 0.267 e. The predicted octanol–water partition coefficient (Wildman–Crippen LogP) is 1.87. The molecule has 8 heteroatoms. The van der Waals surface area contributed by atoms with Crippen LogP contribution in [0.15, 0.2) is 24.7 Å². The monoisotopic (exact) mass is 412 g/mol. The van der Waals surface area contributed by atoms with Gasteiger partial charge in [0, 0.05) is 70.0 Å². The van der Waals surface area contributed by atoms with E-state index in [2.05, 4.69) is 30.9 Å². The molecular weight excluding hydrogens is 380 g/mol. The first-order valence-electron chi connectivity index (χ1n) is 10.9. The zero-order valence-electron chi connectivity index (χ0n) is 18.0. The molecule has 1 saturated heterocycles. The van der Waals surface area contributed by atoms with E-state index in [4.69, 9.17) is 4.74 Å². The fourth-order valence-corrected chi connectivity index (χ4v) is 3.71. The Bertz CT molecular complexity index is 838. The van der Waals surface area contributed by atoms with Gasteiger partial charge in [-0.25, -0.2) is 9.97 Å². The van der Waals surface area contributed by atoms with Gasteiger partial charge in [0.05, 0.1) is 13.2 Å². The Morgan fingerprint density at radius 3 is 2.60 bits per heavy atom. The molecule has 2 fully saturated rings. The summed E-state index contributed by atoms with van der Waals surface area (Å²) in [5.74, 6) is 1.36. The van der Waals surface area contributed by atoms with E-state index in [9.17, 15) is 4.79 Å². The molecule has 162 valence electrons. The number of carbonyl (C=O) groups excluding carboxylic acids is 1. The van der Waals surface area contributed by atoms with Crippen LogP contribution in [0.1, 0.15) is 29.8 Å². The summed E-state index contributed by atoms with van der Waals surface area (Å²) in [4.78, 5) is 26.0. The van der Waals surface area contributed by atoms with E-state index in [0.717, 1.165) is 62.6 Å². The molecule has 2 aromatic heterocycles. The Balaban J connectivity index is 1.39. The molecule has 4 rings (SSSR count). The maximum absolute atomic E-state index is 12.9. The Morgan fingerprint density at radius 2 is 1.93 bits per heavy atom. The lowest BCUT2D eigenvalue weighted by molar-refractivity contribution is 0.0374. The number of anilines is 1. The number of carbonyl (C=O) groups is 1. The molecule has 0 spiro atoms. The molecule has 0 unspecified atom stereocenters. The highest BCUT2D eigenvalue weighted by Gasteiger charge is 2.24. The third-order valence-corrected chi connectivity index (χ3v) is 5.69. The van der Waals surface area contributed by atoms with Crippen molar-refractivity contribution in [2.45, 2.75) is 25.8 Å². The van der Waals surface area contributed by atoms with E-state index in [1.807, 2.05) is 37.5 Å². The smallest absolute Gasteiger partial charge is 0.267 e. The van der Waals surface area contributed by atoms with Crippen LogP contribution in [0, 0.1) is 5.92 Å². The molecule has 1 aliphatic heterocycles. The second kappa shape index (κ2) is 9.57. The number of aromatic nitrogens is 3. The molecule has 0 atom stereocenters. The van der Waals surface area contributed by atoms with Gasteiger partial charge >= 0.3 is 0 Å². The standard InChI is InChI=1S/C22H32N6O2/c1-26(2)22-24-13-19(14-25-22)18-12-20(28(16-18)15-17-4-5-17)21(29)23-6-3-7-27-8-10-30-11-9-27/h12-14,16-17H,3-11,15H2,1-2H3,(H,23,29). The highest BCUT2D eigenvalue weighted by Crippen LogP contribution is 2.32. The summed E-state index contributed by atoms with van der Waals surface area (Å²) in [5.41, 5.74) is 2.64. The average molecular weight is 413 g/mol. The van der Waals surface area contributed by atoms with E-state index in [1.165, 1.54) is 12.8 Å². The van der Waals surface area contributed by atoms with Gasteiger partial charge in [-0.3, -0.25) is 9.69 Å². The molecule has 0 bridgehead atoms. The van der Waals surface area contributed by atoms with Crippen LogP contribution >= 0.6 is 0 Å². The first-order chi connectivity index (χ1) is 14.6. The molecule has 1 saturated carbocycles. The summed E-state index contributed by atoms with van der Waals surface area (Å²) in [5, 5.41) is 3.11. The number of amides is 1. The van der Waals surface area contributed by atoms with Gasteiger partial charge in [-0.1, -0.05) is 0 Å². The molecule has 8 nitrogen and oxygen atoms in total. The van der Waals surface area contributed by atoms with E-state index in [1.54, 1.807) is 0 Å². The summed E-state index contributed by atoms with van der Waals surface area (Å²) in [6.45, 7) is 6.15. The Labute approximate surface area is 178 Å². The summed E-state index contributed by atoms with van der Waals surface area (Å²) in [7, 11) is 3.84. The van der Waals surface area contributed by atoms with Crippen LogP contribution < -0.4 is 10.2 Å². The van der Waals surface area contributed by atoms with E-state index in [-0.39, 0.29) is 5.91 Å². The third kappa shape index (κ3) is 5.37. The number of nitrogens with zero attached hydrogens (tertiary/aromatic N) is 5. The number of nitrogens with one attached hydrogen (secondary N) is 1. The second-order valence-electron chi connectivity index (χ2n) is 8.44.